The molecule has 1 atom stereocenters. The minimum absolute atomic E-state index is 0.191. The second-order valence-corrected chi connectivity index (χ2v) is 6.23. The van der Waals surface area contributed by atoms with Crippen LogP contribution < -0.4 is 4.74 Å². The molecular weight excluding hydrogens is 322 g/mol. The van der Waals surface area contributed by atoms with E-state index in [9.17, 15) is 5.11 Å². The highest BCUT2D eigenvalue weighted by atomic mass is 32.1. The lowest BCUT2D eigenvalue weighted by atomic mass is 10.2. The van der Waals surface area contributed by atoms with Gasteiger partial charge in [-0.25, -0.2) is 4.98 Å². The number of aliphatic hydroxyl groups excluding tert-OH is 1. The van der Waals surface area contributed by atoms with Crippen molar-refractivity contribution in [3.05, 3.63) is 71.7 Å². The van der Waals surface area contributed by atoms with Gasteiger partial charge in [0.2, 0.25) is 0 Å². The largest absolute Gasteiger partial charge is 0.491 e. The van der Waals surface area contributed by atoms with Crippen LogP contribution in [0.2, 0.25) is 0 Å². The standard InChI is InChI=1S/C19H19NO3S/c21-17(13-22-12-15-5-2-1-3-6-15)14-23-18-8-4-7-16(11-18)19-20-9-10-24-19/h1-11,17,21H,12-14H2. The van der Waals surface area contributed by atoms with Crippen molar-refractivity contribution in [2.24, 2.45) is 0 Å². The molecule has 124 valence electrons. The topological polar surface area (TPSA) is 51.6 Å². The van der Waals surface area contributed by atoms with Crippen molar-refractivity contribution >= 4 is 11.3 Å². The number of benzene rings is 2. The van der Waals surface area contributed by atoms with Gasteiger partial charge in [0, 0.05) is 17.1 Å². The Morgan fingerprint density at radius 2 is 1.92 bits per heavy atom. The summed E-state index contributed by atoms with van der Waals surface area (Å²) in [5.74, 6) is 0.713. The van der Waals surface area contributed by atoms with E-state index >= 15 is 0 Å². The van der Waals surface area contributed by atoms with Crippen molar-refractivity contribution in [1.82, 2.24) is 4.98 Å². The van der Waals surface area contributed by atoms with Crippen LogP contribution in [0.5, 0.6) is 5.75 Å². The molecule has 0 bridgehead atoms. The number of hydrogen-bond acceptors (Lipinski definition) is 5. The zero-order valence-corrected chi connectivity index (χ0v) is 14.0. The summed E-state index contributed by atoms with van der Waals surface area (Å²) in [5.41, 5.74) is 2.10. The monoisotopic (exact) mass is 341 g/mol. The molecule has 3 rings (SSSR count). The van der Waals surface area contributed by atoms with E-state index in [-0.39, 0.29) is 13.2 Å². The molecule has 2 aromatic carbocycles. The summed E-state index contributed by atoms with van der Waals surface area (Å²) < 4.78 is 11.2. The maximum Gasteiger partial charge on any atom is 0.123 e. The fourth-order valence-corrected chi connectivity index (χ4v) is 2.85. The van der Waals surface area contributed by atoms with Crippen molar-refractivity contribution < 1.29 is 14.6 Å². The maximum atomic E-state index is 9.98. The zero-order chi connectivity index (χ0) is 16.6. The molecule has 1 aromatic heterocycles. The van der Waals surface area contributed by atoms with Crippen molar-refractivity contribution in [2.75, 3.05) is 13.2 Å². The lowest BCUT2D eigenvalue weighted by Crippen LogP contribution is -2.23. The lowest BCUT2D eigenvalue weighted by molar-refractivity contribution is 0.00550. The molecule has 3 aromatic rings. The second-order valence-electron chi connectivity index (χ2n) is 5.33. The first-order valence-corrected chi connectivity index (χ1v) is 8.62. The predicted molar refractivity (Wildman–Crippen MR) is 95.1 cm³/mol. The first kappa shape index (κ1) is 16.6. The Morgan fingerprint density at radius 1 is 1.04 bits per heavy atom. The zero-order valence-electron chi connectivity index (χ0n) is 13.2. The third kappa shape index (κ3) is 4.89. The van der Waals surface area contributed by atoms with Crippen LogP contribution in [0.25, 0.3) is 10.6 Å². The minimum atomic E-state index is -0.669. The normalized spacial score (nSPS) is 12.0. The molecular formula is C19H19NO3S. The minimum Gasteiger partial charge on any atom is -0.491 e. The Hall–Kier alpha value is -2.21. The molecule has 1 heterocycles. The summed E-state index contributed by atoms with van der Waals surface area (Å²) in [5, 5.41) is 12.9. The van der Waals surface area contributed by atoms with Gasteiger partial charge in [0.25, 0.3) is 0 Å². The molecule has 0 aliphatic heterocycles. The van der Waals surface area contributed by atoms with Gasteiger partial charge >= 0.3 is 0 Å². The van der Waals surface area contributed by atoms with Crippen LogP contribution >= 0.6 is 11.3 Å². The van der Waals surface area contributed by atoms with E-state index in [1.807, 2.05) is 60.0 Å². The van der Waals surface area contributed by atoms with Gasteiger partial charge in [-0.05, 0) is 17.7 Å². The summed E-state index contributed by atoms with van der Waals surface area (Å²) in [4.78, 5) is 4.29. The highest BCUT2D eigenvalue weighted by molar-refractivity contribution is 7.13. The van der Waals surface area contributed by atoms with Crippen molar-refractivity contribution in [3.8, 4) is 16.3 Å². The van der Waals surface area contributed by atoms with Crippen LogP contribution in [-0.4, -0.2) is 29.4 Å². The quantitative estimate of drug-likeness (QED) is 0.678. The predicted octanol–water partition coefficient (Wildman–Crippen LogP) is 3.77. The van der Waals surface area contributed by atoms with Crippen LogP contribution in [0, 0.1) is 0 Å². The van der Waals surface area contributed by atoms with Gasteiger partial charge in [0.1, 0.15) is 23.5 Å². The highest BCUT2D eigenvalue weighted by Crippen LogP contribution is 2.25. The number of hydrogen-bond donors (Lipinski definition) is 1. The smallest absolute Gasteiger partial charge is 0.123 e. The number of nitrogens with zero attached hydrogens (tertiary/aromatic N) is 1. The van der Waals surface area contributed by atoms with E-state index in [0.717, 1.165) is 16.1 Å². The average molecular weight is 341 g/mol. The SMILES string of the molecule is OC(COCc1ccccc1)COc1cccc(-c2nccs2)c1. The number of aliphatic hydroxyl groups is 1. The Bertz CT molecular complexity index is 731. The van der Waals surface area contributed by atoms with Crippen molar-refractivity contribution in [2.45, 2.75) is 12.7 Å². The first-order valence-electron chi connectivity index (χ1n) is 7.74. The molecule has 0 spiro atoms. The fourth-order valence-electron chi connectivity index (χ4n) is 2.21. The molecule has 0 aliphatic carbocycles. The van der Waals surface area contributed by atoms with E-state index in [0.29, 0.717) is 12.4 Å². The van der Waals surface area contributed by atoms with E-state index in [4.69, 9.17) is 9.47 Å². The molecule has 0 saturated heterocycles. The molecule has 0 amide bonds. The fraction of sp³-hybridized carbons (Fsp3) is 0.211. The van der Waals surface area contributed by atoms with Crippen LogP contribution in [0.1, 0.15) is 5.56 Å². The lowest BCUT2D eigenvalue weighted by Gasteiger charge is -2.13. The van der Waals surface area contributed by atoms with Gasteiger partial charge in [0.05, 0.1) is 13.2 Å². The molecule has 5 heteroatoms. The van der Waals surface area contributed by atoms with Crippen LogP contribution in [-0.2, 0) is 11.3 Å². The first-order chi connectivity index (χ1) is 11.8. The maximum absolute atomic E-state index is 9.98. The molecule has 0 fully saturated rings. The Balaban J connectivity index is 1.44. The molecule has 0 saturated carbocycles. The van der Waals surface area contributed by atoms with E-state index in [2.05, 4.69) is 4.98 Å². The van der Waals surface area contributed by atoms with Gasteiger partial charge in [-0.2, -0.15) is 0 Å². The Labute approximate surface area is 145 Å². The number of thiazole rings is 1. The second kappa shape index (κ2) is 8.59. The van der Waals surface area contributed by atoms with Crippen molar-refractivity contribution in [3.63, 3.8) is 0 Å². The summed E-state index contributed by atoms with van der Waals surface area (Å²) in [6, 6.07) is 17.6. The van der Waals surface area contributed by atoms with E-state index in [1.165, 1.54) is 0 Å². The van der Waals surface area contributed by atoms with E-state index < -0.39 is 6.10 Å². The van der Waals surface area contributed by atoms with Gasteiger partial charge in [-0.3, -0.25) is 0 Å². The number of ether oxygens (including phenoxy) is 2. The number of rotatable bonds is 8. The molecule has 24 heavy (non-hydrogen) atoms. The van der Waals surface area contributed by atoms with Crippen LogP contribution in [0.15, 0.2) is 66.2 Å². The summed E-state index contributed by atoms with van der Waals surface area (Å²) in [7, 11) is 0. The van der Waals surface area contributed by atoms with Crippen LogP contribution in [0.4, 0.5) is 0 Å². The Morgan fingerprint density at radius 3 is 2.71 bits per heavy atom. The molecule has 0 radical (unpaired) electrons. The highest BCUT2D eigenvalue weighted by Gasteiger charge is 2.07. The summed E-state index contributed by atoms with van der Waals surface area (Å²) in [6.45, 7) is 0.911. The molecule has 0 aliphatic rings. The number of aromatic nitrogens is 1. The van der Waals surface area contributed by atoms with Gasteiger partial charge in [-0.1, -0.05) is 42.5 Å². The Kier molecular flexibility index (Phi) is 5.96. The van der Waals surface area contributed by atoms with Crippen molar-refractivity contribution in [1.29, 1.82) is 0 Å². The van der Waals surface area contributed by atoms with Gasteiger partial charge < -0.3 is 14.6 Å². The average Bonchev–Trinajstić information content (AvgIpc) is 3.16. The summed E-state index contributed by atoms with van der Waals surface area (Å²) in [6.07, 6.45) is 1.11. The van der Waals surface area contributed by atoms with E-state index in [1.54, 1.807) is 17.5 Å². The van der Waals surface area contributed by atoms with Gasteiger partial charge in [-0.15, -0.1) is 11.3 Å². The molecule has 4 nitrogen and oxygen atoms in total. The summed E-state index contributed by atoms with van der Waals surface area (Å²) >= 11 is 1.58. The molecule has 1 N–H and O–H groups in total. The third-order valence-electron chi connectivity index (χ3n) is 3.38. The van der Waals surface area contributed by atoms with Crippen LogP contribution in [0.3, 0.4) is 0 Å². The third-order valence-corrected chi connectivity index (χ3v) is 4.20. The van der Waals surface area contributed by atoms with Gasteiger partial charge in [0.15, 0.2) is 0 Å². The molecule has 1 unspecified atom stereocenters.